The molecule has 0 amide bonds. The third-order valence-corrected chi connectivity index (χ3v) is 8.70. The van der Waals surface area contributed by atoms with Crippen LogP contribution in [0.5, 0.6) is 0 Å². The van der Waals surface area contributed by atoms with E-state index in [1.807, 2.05) is 0 Å². The standard InChI is InChI=1S/C19H32O3/c1-18-8-7-12(20)9-11(18)3-4-13-14-5-6-16(21)19(14,2)17(22)10-15(13)18/h11-17,20-22H,3-10H2,1-2H3/t11-,12-,13+,14+,15+,16+,17-,18+,19+/m1/s1. The van der Waals surface area contributed by atoms with Crippen molar-refractivity contribution in [2.24, 2.45) is 34.5 Å². The Labute approximate surface area is 134 Å². The number of hydrogen-bond acceptors (Lipinski definition) is 3. The maximum atomic E-state index is 10.9. The fraction of sp³-hybridized carbons (Fsp3) is 1.00. The zero-order valence-corrected chi connectivity index (χ0v) is 14.0. The normalized spacial score (nSPS) is 61.2. The van der Waals surface area contributed by atoms with E-state index < -0.39 is 0 Å². The molecule has 9 atom stereocenters. The molecular weight excluding hydrogens is 276 g/mol. The van der Waals surface area contributed by atoms with Gasteiger partial charge in [0.05, 0.1) is 18.3 Å². The second-order valence-electron chi connectivity index (χ2n) is 9.30. The Bertz CT molecular complexity index is 452. The Hall–Kier alpha value is -0.120. The second kappa shape index (κ2) is 4.94. The maximum Gasteiger partial charge on any atom is 0.0624 e. The van der Waals surface area contributed by atoms with Gasteiger partial charge < -0.3 is 15.3 Å². The van der Waals surface area contributed by atoms with Gasteiger partial charge in [-0.05, 0) is 80.5 Å². The Morgan fingerprint density at radius 2 is 1.55 bits per heavy atom. The molecule has 4 fully saturated rings. The number of aliphatic hydroxyl groups excluding tert-OH is 3. The van der Waals surface area contributed by atoms with E-state index in [9.17, 15) is 15.3 Å². The lowest BCUT2D eigenvalue weighted by Gasteiger charge is -2.61. The lowest BCUT2D eigenvalue weighted by molar-refractivity contribution is -0.180. The Balaban J connectivity index is 1.66. The summed E-state index contributed by atoms with van der Waals surface area (Å²) in [5.41, 5.74) is 0.0105. The van der Waals surface area contributed by atoms with E-state index in [2.05, 4.69) is 13.8 Å². The third kappa shape index (κ3) is 1.85. The molecule has 3 heteroatoms. The summed E-state index contributed by atoms with van der Waals surface area (Å²) in [5, 5.41) is 31.4. The van der Waals surface area contributed by atoms with Gasteiger partial charge >= 0.3 is 0 Å². The highest BCUT2D eigenvalue weighted by Gasteiger charge is 2.63. The number of fused-ring (bicyclic) bond motifs is 5. The minimum atomic E-state index is -0.362. The van der Waals surface area contributed by atoms with Gasteiger partial charge in [-0.2, -0.15) is 0 Å². The lowest BCUT2D eigenvalue weighted by Crippen LogP contribution is -2.59. The molecule has 4 aliphatic rings. The molecule has 0 aliphatic heterocycles. The van der Waals surface area contributed by atoms with Crippen molar-refractivity contribution in [1.82, 2.24) is 0 Å². The first-order valence-electron chi connectivity index (χ1n) is 9.41. The van der Waals surface area contributed by atoms with Crippen LogP contribution in [-0.2, 0) is 0 Å². The smallest absolute Gasteiger partial charge is 0.0624 e. The topological polar surface area (TPSA) is 60.7 Å². The highest BCUT2D eigenvalue weighted by atomic mass is 16.3. The summed E-state index contributed by atoms with van der Waals surface area (Å²) in [6, 6.07) is 0. The molecule has 0 unspecified atom stereocenters. The van der Waals surface area contributed by atoms with Gasteiger partial charge in [0.15, 0.2) is 0 Å². The highest BCUT2D eigenvalue weighted by molar-refractivity contribution is 5.12. The summed E-state index contributed by atoms with van der Waals surface area (Å²) in [4.78, 5) is 0. The van der Waals surface area contributed by atoms with E-state index in [4.69, 9.17) is 0 Å². The predicted molar refractivity (Wildman–Crippen MR) is 85.1 cm³/mol. The largest absolute Gasteiger partial charge is 0.393 e. The van der Waals surface area contributed by atoms with Crippen molar-refractivity contribution >= 4 is 0 Å². The first kappa shape index (κ1) is 15.4. The average molecular weight is 308 g/mol. The first-order chi connectivity index (χ1) is 10.4. The highest BCUT2D eigenvalue weighted by Crippen LogP contribution is 2.66. The van der Waals surface area contributed by atoms with Crippen LogP contribution in [0.15, 0.2) is 0 Å². The number of aliphatic hydroxyl groups is 3. The number of rotatable bonds is 0. The van der Waals surface area contributed by atoms with Crippen LogP contribution in [0.1, 0.15) is 65.2 Å². The molecule has 0 heterocycles. The molecule has 3 nitrogen and oxygen atoms in total. The van der Waals surface area contributed by atoms with Gasteiger partial charge in [-0.3, -0.25) is 0 Å². The molecule has 3 N–H and O–H groups in total. The van der Waals surface area contributed by atoms with Crippen molar-refractivity contribution in [2.45, 2.75) is 83.5 Å². The van der Waals surface area contributed by atoms with Crippen LogP contribution < -0.4 is 0 Å². The van der Waals surface area contributed by atoms with Gasteiger partial charge in [-0.15, -0.1) is 0 Å². The van der Waals surface area contributed by atoms with Crippen LogP contribution >= 0.6 is 0 Å². The van der Waals surface area contributed by atoms with Gasteiger partial charge in [-0.1, -0.05) is 13.8 Å². The fourth-order valence-electron chi connectivity index (χ4n) is 7.19. The molecule has 0 radical (unpaired) electrons. The van der Waals surface area contributed by atoms with E-state index in [0.717, 1.165) is 38.5 Å². The minimum Gasteiger partial charge on any atom is -0.393 e. The summed E-state index contributed by atoms with van der Waals surface area (Å²) < 4.78 is 0. The summed E-state index contributed by atoms with van der Waals surface area (Å²) >= 11 is 0. The van der Waals surface area contributed by atoms with Crippen LogP contribution in [0.2, 0.25) is 0 Å². The third-order valence-electron chi connectivity index (χ3n) is 8.70. The van der Waals surface area contributed by atoms with Gasteiger partial charge in [0.25, 0.3) is 0 Å². The van der Waals surface area contributed by atoms with Crippen molar-refractivity contribution in [2.75, 3.05) is 0 Å². The van der Waals surface area contributed by atoms with Crippen LogP contribution in [-0.4, -0.2) is 33.6 Å². The van der Waals surface area contributed by atoms with Gasteiger partial charge in [0, 0.05) is 5.41 Å². The molecule has 0 aromatic heterocycles. The second-order valence-corrected chi connectivity index (χ2v) is 9.30. The van der Waals surface area contributed by atoms with Crippen molar-refractivity contribution < 1.29 is 15.3 Å². The van der Waals surface area contributed by atoms with E-state index in [-0.39, 0.29) is 29.1 Å². The molecule has 0 aromatic rings. The zero-order chi connectivity index (χ0) is 15.7. The Kier molecular flexibility index (Phi) is 3.46. The Morgan fingerprint density at radius 1 is 0.773 bits per heavy atom. The van der Waals surface area contributed by atoms with Crippen LogP contribution in [0, 0.1) is 34.5 Å². The van der Waals surface area contributed by atoms with Crippen molar-refractivity contribution in [3.8, 4) is 0 Å². The molecule has 4 rings (SSSR count). The molecule has 4 aliphatic carbocycles. The lowest BCUT2D eigenvalue weighted by atomic mass is 9.44. The van der Waals surface area contributed by atoms with E-state index in [1.54, 1.807) is 0 Å². The van der Waals surface area contributed by atoms with Crippen LogP contribution in [0.3, 0.4) is 0 Å². The molecule has 4 saturated carbocycles. The first-order valence-corrected chi connectivity index (χ1v) is 9.41. The minimum absolute atomic E-state index is 0.110. The van der Waals surface area contributed by atoms with E-state index in [1.165, 1.54) is 12.8 Å². The van der Waals surface area contributed by atoms with Gasteiger partial charge in [0.2, 0.25) is 0 Å². The fourth-order valence-corrected chi connectivity index (χ4v) is 7.19. The summed E-state index contributed by atoms with van der Waals surface area (Å²) in [7, 11) is 0. The predicted octanol–water partition coefficient (Wildman–Crippen LogP) is 2.72. The average Bonchev–Trinajstić information content (AvgIpc) is 2.79. The Morgan fingerprint density at radius 3 is 2.32 bits per heavy atom. The van der Waals surface area contributed by atoms with Gasteiger partial charge in [0.1, 0.15) is 0 Å². The SMILES string of the molecule is C[C@]12CC[C@@H](O)C[C@H]1CC[C@@H]1[C@@H]2C[C@@H](O)[C@]2(C)[C@@H](O)CC[C@@H]12. The molecule has 22 heavy (non-hydrogen) atoms. The van der Waals surface area contributed by atoms with Crippen molar-refractivity contribution in [3.63, 3.8) is 0 Å². The maximum absolute atomic E-state index is 10.9. The van der Waals surface area contributed by atoms with Gasteiger partial charge in [-0.25, -0.2) is 0 Å². The summed E-state index contributed by atoms with van der Waals surface area (Å²) in [5.74, 6) is 2.36. The van der Waals surface area contributed by atoms with Crippen LogP contribution in [0.25, 0.3) is 0 Å². The molecule has 0 bridgehead atoms. The molecule has 0 aromatic carbocycles. The monoisotopic (exact) mass is 308 g/mol. The van der Waals surface area contributed by atoms with E-state index >= 15 is 0 Å². The van der Waals surface area contributed by atoms with Crippen molar-refractivity contribution in [1.29, 1.82) is 0 Å². The molecule has 0 spiro atoms. The summed E-state index contributed by atoms with van der Waals surface area (Å²) in [6.45, 7) is 4.57. The number of hydrogen-bond donors (Lipinski definition) is 3. The van der Waals surface area contributed by atoms with Crippen molar-refractivity contribution in [3.05, 3.63) is 0 Å². The zero-order valence-electron chi connectivity index (χ0n) is 14.0. The molecule has 126 valence electrons. The van der Waals surface area contributed by atoms with E-state index in [0.29, 0.717) is 23.7 Å². The van der Waals surface area contributed by atoms with Crippen LogP contribution in [0.4, 0.5) is 0 Å². The molecular formula is C19H32O3. The summed E-state index contributed by atoms with van der Waals surface area (Å²) in [6.07, 6.45) is 7.46. The quantitative estimate of drug-likeness (QED) is 0.645. The molecule has 0 saturated heterocycles.